The second-order valence-electron chi connectivity index (χ2n) is 5.86. The molecule has 0 aromatic carbocycles. The van der Waals surface area contributed by atoms with Gasteiger partial charge >= 0.3 is 0 Å². The summed E-state index contributed by atoms with van der Waals surface area (Å²) in [5.41, 5.74) is 0.105. The highest BCUT2D eigenvalue weighted by atomic mass is 16.3. The number of aliphatic hydroxyl groups excluding tert-OH is 1. The molecule has 0 heterocycles. The molecule has 1 aliphatic carbocycles. The van der Waals surface area contributed by atoms with Crippen molar-refractivity contribution >= 4 is 0 Å². The van der Waals surface area contributed by atoms with Crippen LogP contribution >= 0.6 is 0 Å². The average Bonchev–Trinajstić information content (AvgIpc) is 3.09. The van der Waals surface area contributed by atoms with E-state index in [2.05, 4.69) is 38.0 Å². The molecule has 0 aliphatic heterocycles. The minimum atomic E-state index is -0.0960. The predicted octanol–water partition coefficient (Wildman–Crippen LogP) is 1.47. The van der Waals surface area contributed by atoms with Gasteiger partial charge in [-0.25, -0.2) is 0 Å². The maximum absolute atomic E-state index is 9.69. The Morgan fingerprint density at radius 3 is 2.25 bits per heavy atom. The Hall–Kier alpha value is -0.120. The molecule has 0 bridgehead atoms. The largest absolute Gasteiger partial charge is 0.394 e. The highest BCUT2D eigenvalue weighted by Crippen LogP contribution is 2.40. The summed E-state index contributed by atoms with van der Waals surface area (Å²) in [5, 5.41) is 13.0. The Kier molecular flexibility index (Phi) is 4.38. The Morgan fingerprint density at radius 1 is 1.38 bits per heavy atom. The first-order valence-corrected chi connectivity index (χ1v) is 6.43. The Labute approximate surface area is 100 Å². The third-order valence-corrected chi connectivity index (χ3v) is 4.56. The van der Waals surface area contributed by atoms with Gasteiger partial charge < -0.3 is 10.4 Å². The lowest BCUT2D eigenvalue weighted by Crippen LogP contribution is -2.59. The van der Waals surface area contributed by atoms with Crippen LogP contribution in [0.2, 0.25) is 0 Å². The number of likely N-dealkylation sites (N-methyl/N-ethyl adjacent to an activating group) is 2. The van der Waals surface area contributed by atoms with Gasteiger partial charge in [0.05, 0.1) is 12.1 Å². The number of nitrogens with one attached hydrogen (secondary N) is 1. The summed E-state index contributed by atoms with van der Waals surface area (Å²) in [5.74, 6) is 0.651. The van der Waals surface area contributed by atoms with Gasteiger partial charge in [-0.3, -0.25) is 4.90 Å². The van der Waals surface area contributed by atoms with Crippen LogP contribution in [-0.2, 0) is 0 Å². The summed E-state index contributed by atoms with van der Waals surface area (Å²) in [6, 6.07) is 0. The summed E-state index contributed by atoms with van der Waals surface area (Å²) in [4.78, 5) is 2.37. The third-order valence-electron chi connectivity index (χ3n) is 4.56. The molecule has 16 heavy (non-hydrogen) atoms. The first kappa shape index (κ1) is 13.9. The molecule has 3 nitrogen and oxygen atoms in total. The SMILES string of the molecule is CCC(C)(C)N(C)CC(CO)(NC)C1CC1. The molecular weight excluding hydrogens is 200 g/mol. The molecule has 1 rings (SSSR count). The summed E-state index contributed by atoms with van der Waals surface area (Å²) in [6.07, 6.45) is 3.63. The van der Waals surface area contributed by atoms with Crippen LogP contribution in [0.5, 0.6) is 0 Å². The lowest BCUT2D eigenvalue weighted by molar-refractivity contribution is 0.0594. The molecule has 96 valence electrons. The Bertz CT molecular complexity index is 220. The number of nitrogens with zero attached hydrogens (tertiary/aromatic N) is 1. The molecule has 0 radical (unpaired) electrons. The van der Waals surface area contributed by atoms with Gasteiger partial charge in [-0.2, -0.15) is 0 Å². The summed E-state index contributed by atoms with van der Waals surface area (Å²) < 4.78 is 0. The lowest BCUT2D eigenvalue weighted by atomic mass is 9.90. The first-order chi connectivity index (χ1) is 7.41. The van der Waals surface area contributed by atoms with E-state index in [0.717, 1.165) is 13.0 Å². The zero-order valence-electron chi connectivity index (χ0n) is 11.5. The second kappa shape index (κ2) is 5.03. The molecule has 1 unspecified atom stereocenters. The van der Waals surface area contributed by atoms with Crippen molar-refractivity contribution in [1.82, 2.24) is 10.2 Å². The molecule has 0 saturated heterocycles. The fourth-order valence-electron chi connectivity index (χ4n) is 2.21. The predicted molar refractivity (Wildman–Crippen MR) is 68.6 cm³/mol. The molecule has 0 aromatic heterocycles. The average molecular weight is 228 g/mol. The fourth-order valence-corrected chi connectivity index (χ4v) is 2.21. The van der Waals surface area contributed by atoms with Crippen molar-refractivity contribution in [3.63, 3.8) is 0 Å². The zero-order valence-corrected chi connectivity index (χ0v) is 11.5. The second-order valence-corrected chi connectivity index (χ2v) is 5.86. The molecule has 2 N–H and O–H groups in total. The van der Waals surface area contributed by atoms with Crippen molar-refractivity contribution in [1.29, 1.82) is 0 Å². The molecule has 1 aliphatic rings. The van der Waals surface area contributed by atoms with Crippen molar-refractivity contribution in [3.05, 3.63) is 0 Å². The zero-order chi connectivity index (χ0) is 12.4. The van der Waals surface area contributed by atoms with Crippen LogP contribution < -0.4 is 5.32 Å². The van der Waals surface area contributed by atoms with Crippen molar-refractivity contribution in [3.8, 4) is 0 Å². The quantitative estimate of drug-likeness (QED) is 0.692. The van der Waals surface area contributed by atoms with Gasteiger partial charge in [-0.05, 0) is 53.1 Å². The van der Waals surface area contributed by atoms with Crippen LogP contribution in [-0.4, -0.2) is 48.3 Å². The fraction of sp³-hybridized carbons (Fsp3) is 1.00. The van der Waals surface area contributed by atoms with Gasteiger partial charge in [0, 0.05) is 12.1 Å². The van der Waals surface area contributed by atoms with E-state index < -0.39 is 0 Å². The molecule has 1 saturated carbocycles. The van der Waals surface area contributed by atoms with E-state index in [0.29, 0.717) is 5.92 Å². The molecular formula is C13H28N2O. The van der Waals surface area contributed by atoms with Gasteiger partial charge in [-0.15, -0.1) is 0 Å². The van der Waals surface area contributed by atoms with Crippen molar-refractivity contribution in [2.75, 3.05) is 27.2 Å². The Balaban J connectivity index is 2.68. The standard InChI is InChI=1S/C13H28N2O/c1-6-12(2,3)15(5)9-13(10-16,14-4)11-7-8-11/h11,14,16H,6-10H2,1-5H3. The third kappa shape index (κ3) is 2.76. The minimum absolute atomic E-state index is 0.0960. The number of rotatable bonds is 7. The molecule has 1 fully saturated rings. The maximum Gasteiger partial charge on any atom is 0.0628 e. The van der Waals surface area contributed by atoms with Gasteiger partial charge in [0.15, 0.2) is 0 Å². The van der Waals surface area contributed by atoms with Gasteiger partial charge in [0.1, 0.15) is 0 Å². The number of aliphatic hydroxyl groups is 1. The molecule has 3 heteroatoms. The lowest BCUT2D eigenvalue weighted by Gasteiger charge is -2.42. The van der Waals surface area contributed by atoms with Crippen LogP contribution in [0.3, 0.4) is 0 Å². The molecule has 0 amide bonds. The van der Waals surface area contributed by atoms with Crippen molar-refractivity contribution in [2.24, 2.45) is 5.92 Å². The summed E-state index contributed by atoms with van der Waals surface area (Å²) in [6.45, 7) is 7.90. The monoisotopic (exact) mass is 228 g/mol. The van der Waals surface area contributed by atoms with Crippen molar-refractivity contribution in [2.45, 2.75) is 51.1 Å². The Morgan fingerprint density at radius 2 is 1.94 bits per heavy atom. The molecule has 1 atom stereocenters. The van der Waals surface area contributed by atoms with E-state index >= 15 is 0 Å². The molecule has 0 aromatic rings. The van der Waals surface area contributed by atoms with Crippen LogP contribution in [0.25, 0.3) is 0 Å². The van der Waals surface area contributed by atoms with E-state index in [4.69, 9.17) is 0 Å². The topological polar surface area (TPSA) is 35.5 Å². The smallest absolute Gasteiger partial charge is 0.0628 e. The molecule has 0 spiro atoms. The van der Waals surface area contributed by atoms with E-state index in [1.807, 2.05) is 7.05 Å². The van der Waals surface area contributed by atoms with E-state index in [1.54, 1.807) is 0 Å². The highest BCUT2D eigenvalue weighted by molar-refractivity contribution is 5.03. The first-order valence-electron chi connectivity index (χ1n) is 6.43. The normalized spacial score (nSPS) is 21.2. The summed E-state index contributed by atoms with van der Waals surface area (Å²) in [7, 11) is 4.13. The van der Waals surface area contributed by atoms with Gasteiger partial charge in [0.25, 0.3) is 0 Å². The van der Waals surface area contributed by atoms with Gasteiger partial charge in [-0.1, -0.05) is 6.92 Å². The van der Waals surface area contributed by atoms with E-state index in [1.165, 1.54) is 12.8 Å². The van der Waals surface area contributed by atoms with E-state index in [-0.39, 0.29) is 17.7 Å². The van der Waals surface area contributed by atoms with Crippen LogP contribution in [0, 0.1) is 5.92 Å². The number of hydrogen-bond donors (Lipinski definition) is 2. The maximum atomic E-state index is 9.69. The number of hydrogen-bond acceptors (Lipinski definition) is 3. The van der Waals surface area contributed by atoms with Crippen molar-refractivity contribution < 1.29 is 5.11 Å². The summed E-state index contributed by atoms with van der Waals surface area (Å²) >= 11 is 0. The highest BCUT2D eigenvalue weighted by Gasteiger charge is 2.45. The van der Waals surface area contributed by atoms with Crippen LogP contribution in [0.15, 0.2) is 0 Å². The minimum Gasteiger partial charge on any atom is -0.394 e. The van der Waals surface area contributed by atoms with Crippen LogP contribution in [0.4, 0.5) is 0 Å². The van der Waals surface area contributed by atoms with Crippen LogP contribution in [0.1, 0.15) is 40.0 Å². The van der Waals surface area contributed by atoms with Gasteiger partial charge in [0.2, 0.25) is 0 Å². The van der Waals surface area contributed by atoms with E-state index in [9.17, 15) is 5.11 Å².